The van der Waals surface area contributed by atoms with E-state index in [1.54, 1.807) is 0 Å². The second kappa shape index (κ2) is 3.94. The molecule has 0 aromatic heterocycles. The highest BCUT2D eigenvalue weighted by Gasteiger charge is 2.14. The lowest BCUT2D eigenvalue weighted by Crippen LogP contribution is -2.28. The molecular weight excluding hydrogens is 126 g/mol. The van der Waals surface area contributed by atoms with Gasteiger partial charge in [-0.15, -0.1) is 0 Å². The van der Waals surface area contributed by atoms with Crippen LogP contribution in [0, 0.1) is 5.92 Å². The Labute approximate surface area is 62.6 Å². The van der Waals surface area contributed by atoms with Gasteiger partial charge in [0.25, 0.3) is 0 Å². The summed E-state index contributed by atoms with van der Waals surface area (Å²) in [6, 6.07) is 0. The van der Waals surface area contributed by atoms with Gasteiger partial charge in [-0.1, -0.05) is 6.92 Å². The first kappa shape index (κ1) is 8.02. The first-order chi connectivity index (χ1) is 4.80. The molecule has 1 rings (SSSR count). The predicted octanol–water partition coefficient (Wildman–Crippen LogP) is 0.757. The highest BCUT2D eigenvalue weighted by Crippen LogP contribution is 2.13. The summed E-state index contributed by atoms with van der Waals surface area (Å²) >= 11 is 0. The van der Waals surface area contributed by atoms with Crippen molar-refractivity contribution < 1.29 is 5.11 Å². The van der Waals surface area contributed by atoms with Crippen molar-refractivity contribution >= 4 is 0 Å². The van der Waals surface area contributed by atoms with E-state index < -0.39 is 0 Å². The van der Waals surface area contributed by atoms with Crippen molar-refractivity contribution in [1.29, 1.82) is 0 Å². The number of hydrogen-bond acceptors (Lipinski definition) is 2. The maximum absolute atomic E-state index is 9.45. The Morgan fingerprint density at radius 2 is 2.10 bits per heavy atom. The van der Waals surface area contributed by atoms with Crippen LogP contribution in [0.15, 0.2) is 0 Å². The summed E-state index contributed by atoms with van der Waals surface area (Å²) in [4.78, 5) is 0. The lowest BCUT2D eigenvalue weighted by atomic mass is 9.96. The Morgan fingerprint density at radius 1 is 1.30 bits per heavy atom. The van der Waals surface area contributed by atoms with Gasteiger partial charge in [-0.25, -0.2) is 0 Å². The maximum atomic E-state index is 9.45. The monoisotopic (exact) mass is 143 g/mol. The van der Waals surface area contributed by atoms with Crippen LogP contribution in [0.2, 0.25) is 0 Å². The molecule has 60 valence electrons. The quantitative estimate of drug-likeness (QED) is 0.524. The molecule has 1 aliphatic rings. The number of rotatable bonds is 0. The zero-order valence-electron chi connectivity index (χ0n) is 6.64. The number of aliphatic hydroxyl groups is 1. The van der Waals surface area contributed by atoms with Crippen LogP contribution in [0.1, 0.15) is 26.2 Å². The molecule has 0 radical (unpaired) electrons. The van der Waals surface area contributed by atoms with Crippen molar-refractivity contribution in [3.05, 3.63) is 0 Å². The fraction of sp³-hybridized carbons (Fsp3) is 1.00. The van der Waals surface area contributed by atoms with E-state index in [1.807, 2.05) is 0 Å². The molecule has 2 heteroatoms. The molecule has 0 saturated carbocycles. The van der Waals surface area contributed by atoms with Crippen LogP contribution in [-0.4, -0.2) is 24.3 Å². The zero-order chi connectivity index (χ0) is 7.40. The fourth-order valence-electron chi connectivity index (χ4n) is 1.37. The first-order valence-electron chi connectivity index (χ1n) is 4.19. The van der Waals surface area contributed by atoms with Crippen LogP contribution in [0.5, 0.6) is 0 Å². The molecule has 2 atom stereocenters. The molecule has 0 spiro atoms. The lowest BCUT2D eigenvalue weighted by Gasteiger charge is -2.21. The molecule has 0 bridgehead atoms. The molecule has 1 aliphatic heterocycles. The van der Waals surface area contributed by atoms with E-state index in [0.717, 1.165) is 32.4 Å². The van der Waals surface area contributed by atoms with Crippen molar-refractivity contribution in [3.8, 4) is 0 Å². The topological polar surface area (TPSA) is 32.3 Å². The highest BCUT2D eigenvalue weighted by atomic mass is 16.3. The van der Waals surface area contributed by atoms with E-state index in [9.17, 15) is 5.11 Å². The third kappa shape index (κ3) is 2.27. The van der Waals surface area contributed by atoms with E-state index in [4.69, 9.17) is 0 Å². The largest absolute Gasteiger partial charge is 0.393 e. The molecule has 1 fully saturated rings. The van der Waals surface area contributed by atoms with Crippen LogP contribution < -0.4 is 5.32 Å². The van der Waals surface area contributed by atoms with Gasteiger partial charge in [-0.3, -0.25) is 0 Å². The Morgan fingerprint density at radius 3 is 2.90 bits per heavy atom. The average Bonchev–Trinajstić information content (AvgIpc) is 1.92. The summed E-state index contributed by atoms with van der Waals surface area (Å²) in [6.45, 7) is 4.26. The minimum Gasteiger partial charge on any atom is -0.393 e. The second-order valence-electron chi connectivity index (χ2n) is 3.23. The van der Waals surface area contributed by atoms with Crippen molar-refractivity contribution in [2.24, 2.45) is 5.92 Å². The molecule has 0 aliphatic carbocycles. The van der Waals surface area contributed by atoms with Crippen LogP contribution in [0.25, 0.3) is 0 Å². The second-order valence-corrected chi connectivity index (χ2v) is 3.23. The Bertz CT molecular complexity index is 83.3. The van der Waals surface area contributed by atoms with Gasteiger partial charge in [0.15, 0.2) is 0 Å². The third-order valence-electron chi connectivity index (χ3n) is 2.29. The summed E-state index contributed by atoms with van der Waals surface area (Å²) in [7, 11) is 0. The van der Waals surface area contributed by atoms with Gasteiger partial charge in [0.05, 0.1) is 6.10 Å². The van der Waals surface area contributed by atoms with Gasteiger partial charge in [-0.05, 0) is 38.3 Å². The lowest BCUT2D eigenvalue weighted by molar-refractivity contribution is 0.0954. The standard InChI is InChI=1S/C8H17NO/c1-7-4-6-9-5-2-3-8(7)10/h7-10H,2-6H2,1H3. The van der Waals surface area contributed by atoms with Crippen molar-refractivity contribution in [2.45, 2.75) is 32.3 Å². The molecule has 10 heavy (non-hydrogen) atoms. The Balaban J connectivity index is 2.28. The van der Waals surface area contributed by atoms with Crippen LogP contribution in [0.3, 0.4) is 0 Å². The van der Waals surface area contributed by atoms with Gasteiger partial charge < -0.3 is 10.4 Å². The zero-order valence-corrected chi connectivity index (χ0v) is 6.64. The van der Waals surface area contributed by atoms with Crippen molar-refractivity contribution in [1.82, 2.24) is 5.32 Å². The van der Waals surface area contributed by atoms with E-state index in [2.05, 4.69) is 12.2 Å². The minimum absolute atomic E-state index is 0.0536. The van der Waals surface area contributed by atoms with E-state index in [0.29, 0.717) is 5.92 Å². The fourth-order valence-corrected chi connectivity index (χ4v) is 1.37. The first-order valence-corrected chi connectivity index (χ1v) is 4.19. The van der Waals surface area contributed by atoms with Crippen molar-refractivity contribution in [2.75, 3.05) is 13.1 Å². The molecule has 0 aromatic carbocycles. The number of nitrogens with one attached hydrogen (secondary N) is 1. The normalized spacial score (nSPS) is 36.6. The van der Waals surface area contributed by atoms with Crippen molar-refractivity contribution in [3.63, 3.8) is 0 Å². The van der Waals surface area contributed by atoms with Crippen LogP contribution in [-0.2, 0) is 0 Å². The predicted molar refractivity (Wildman–Crippen MR) is 41.9 cm³/mol. The van der Waals surface area contributed by atoms with Crippen LogP contribution >= 0.6 is 0 Å². The van der Waals surface area contributed by atoms with Gasteiger partial charge in [-0.2, -0.15) is 0 Å². The molecule has 0 aromatic rings. The smallest absolute Gasteiger partial charge is 0.0566 e. The molecule has 2 N–H and O–H groups in total. The molecule has 2 unspecified atom stereocenters. The number of aliphatic hydroxyl groups excluding tert-OH is 1. The molecule has 2 nitrogen and oxygen atoms in total. The SMILES string of the molecule is CC1CCNCCCC1O. The number of hydrogen-bond donors (Lipinski definition) is 2. The minimum atomic E-state index is -0.0536. The van der Waals surface area contributed by atoms with Gasteiger partial charge in [0.2, 0.25) is 0 Å². The maximum Gasteiger partial charge on any atom is 0.0566 e. The van der Waals surface area contributed by atoms with Gasteiger partial charge in [0, 0.05) is 0 Å². The van der Waals surface area contributed by atoms with Crippen LogP contribution in [0.4, 0.5) is 0 Å². The van der Waals surface area contributed by atoms with Gasteiger partial charge >= 0.3 is 0 Å². The summed E-state index contributed by atoms with van der Waals surface area (Å²) in [5.41, 5.74) is 0. The summed E-state index contributed by atoms with van der Waals surface area (Å²) in [6.07, 6.45) is 3.14. The molecule has 0 amide bonds. The van der Waals surface area contributed by atoms with Gasteiger partial charge in [0.1, 0.15) is 0 Å². The molecular formula is C8H17NO. The Kier molecular flexibility index (Phi) is 3.16. The Hall–Kier alpha value is -0.0800. The summed E-state index contributed by atoms with van der Waals surface area (Å²) in [5.74, 6) is 0.479. The van der Waals surface area contributed by atoms with E-state index in [1.165, 1.54) is 0 Å². The third-order valence-corrected chi connectivity index (χ3v) is 2.29. The summed E-state index contributed by atoms with van der Waals surface area (Å²) in [5, 5.41) is 12.8. The van der Waals surface area contributed by atoms with E-state index >= 15 is 0 Å². The highest BCUT2D eigenvalue weighted by molar-refractivity contribution is 4.69. The molecule has 1 heterocycles. The summed E-state index contributed by atoms with van der Waals surface area (Å²) < 4.78 is 0. The average molecular weight is 143 g/mol. The molecule has 1 saturated heterocycles. The van der Waals surface area contributed by atoms with E-state index in [-0.39, 0.29) is 6.10 Å².